The normalized spacial score (nSPS) is 19.9. The average Bonchev–Trinajstić information content (AvgIpc) is 3.63. The lowest BCUT2D eigenvalue weighted by atomic mass is 9.85. The molecule has 0 bridgehead atoms. The van der Waals surface area contributed by atoms with E-state index in [-0.39, 0.29) is 41.8 Å². The largest absolute Gasteiger partial charge is 0.464 e. The topological polar surface area (TPSA) is 158 Å². The monoisotopic (exact) mass is 647 g/mol. The minimum Gasteiger partial charge on any atom is -0.464 e. The molecule has 5 rings (SSSR count). The molecule has 0 spiro atoms. The van der Waals surface area contributed by atoms with Crippen molar-refractivity contribution in [1.29, 1.82) is 0 Å². The Morgan fingerprint density at radius 1 is 1.09 bits per heavy atom. The van der Waals surface area contributed by atoms with Gasteiger partial charge in [-0.05, 0) is 35.7 Å². The molecule has 13 heteroatoms. The maximum atomic E-state index is 13.1. The van der Waals surface area contributed by atoms with Crippen LogP contribution < -0.4 is 21.2 Å². The highest BCUT2D eigenvalue weighted by atomic mass is 28.4. The quantitative estimate of drug-likeness (QED) is 0.174. The van der Waals surface area contributed by atoms with Gasteiger partial charge in [-0.3, -0.25) is 24.5 Å². The molecule has 1 saturated heterocycles. The molecule has 0 aliphatic carbocycles. The minimum absolute atomic E-state index is 0.0132. The van der Waals surface area contributed by atoms with Crippen LogP contribution in [0.15, 0.2) is 71.8 Å². The zero-order chi connectivity index (χ0) is 33.3. The SMILES string of the molecule is CCOC(=O)[C@@](C)(O)[C@@H]1C[C@@H](CO[Si](c2ccccc2)(c2ccccc2)C(C)(C)C)O[C@H]1n1cnc2c(=O)[nH]c(NC(C)=O)nc21. The fourth-order valence-corrected chi connectivity index (χ4v) is 11.0. The third kappa shape index (κ3) is 6.15. The summed E-state index contributed by atoms with van der Waals surface area (Å²) in [7, 11) is -2.93. The molecular weight excluding hydrogens is 606 g/mol. The fraction of sp³-hybridized carbons (Fsp3) is 0.424. The second kappa shape index (κ2) is 12.9. The van der Waals surface area contributed by atoms with E-state index in [4.69, 9.17) is 13.9 Å². The molecular formula is C33H41N5O7Si. The number of ether oxygens (including phenoxy) is 2. The van der Waals surface area contributed by atoms with E-state index in [0.29, 0.717) is 0 Å². The van der Waals surface area contributed by atoms with Crippen LogP contribution in [0.1, 0.15) is 54.2 Å². The maximum absolute atomic E-state index is 13.1. The first kappa shape index (κ1) is 33.2. The lowest BCUT2D eigenvalue weighted by molar-refractivity contribution is -0.174. The van der Waals surface area contributed by atoms with E-state index in [2.05, 4.69) is 65.3 Å². The molecule has 1 aliphatic rings. The van der Waals surface area contributed by atoms with Crippen molar-refractivity contribution in [2.75, 3.05) is 18.5 Å². The summed E-state index contributed by atoms with van der Waals surface area (Å²) in [5, 5.41) is 16.1. The highest BCUT2D eigenvalue weighted by molar-refractivity contribution is 6.99. The number of H-pyrrole nitrogens is 1. The Hall–Kier alpha value is -4.17. The molecule has 3 N–H and O–H groups in total. The van der Waals surface area contributed by atoms with Gasteiger partial charge in [0.1, 0.15) is 6.23 Å². The molecule has 4 aromatic rings. The van der Waals surface area contributed by atoms with Crippen molar-refractivity contribution in [3.8, 4) is 0 Å². The van der Waals surface area contributed by atoms with Crippen LogP contribution in [0.3, 0.4) is 0 Å². The van der Waals surface area contributed by atoms with Crippen LogP contribution in [0.2, 0.25) is 5.04 Å². The van der Waals surface area contributed by atoms with Gasteiger partial charge in [-0.25, -0.2) is 9.78 Å². The van der Waals surface area contributed by atoms with E-state index in [9.17, 15) is 19.5 Å². The Balaban J connectivity index is 1.56. The molecule has 0 saturated carbocycles. The van der Waals surface area contributed by atoms with Gasteiger partial charge in [-0.1, -0.05) is 81.4 Å². The number of carbonyl (C=O) groups is 2. The van der Waals surface area contributed by atoms with E-state index < -0.39 is 49.6 Å². The van der Waals surface area contributed by atoms with Crippen molar-refractivity contribution in [3.63, 3.8) is 0 Å². The van der Waals surface area contributed by atoms with Crippen LogP contribution >= 0.6 is 0 Å². The van der Waals surface area contributed by atoms with Crippen LogP contribution in [-0.4, -0.2) is 69.7 Å². The number of aliphatic hydroxyl groups is 1. The van der Waals surface area contributed by atoms with Gasteiger partial charge in [0.05, 0.1) is 25.6 Å². The lowest BCUT2D eigenvalue weighted by Gasteiger charge is -2.43. The van der Waals surface area contributed by atoms with E-state index >= 15 is 0 Å². The van der Waals surface area contributed by atoms with Gasteiger partial charge in [-0.2, -0.15) is 4.98 Å². The maximum Gasteiger partial charge on any atom is 0.338 e. The molecule has 0 unspecified atom stereocenters. The van der Waals surface area contributed by atoms with Crippen molar-refractivity contribution in [3.05, 3.63) is 77.3 Å². The number of aromatic amines is 1. The molecule has 46 heavy (non-hydrogen) atoms. The summed E-state index contributed by atoms with van der Waals surface area (Å²) < 4.78 is 20.5. The molecule has 1 aliphatic heterocycles. The number of nitrogens with one attached hydrogen (secondary N) is 2. The summed E-state index contributed by atoms with van der Waals surface area (Å²) in [4.78, 5) is 48.8. The van der Waals surface area contributed by atoms with Crippen LogP contribution in [0.25, 0.3) is 11.2 Å². The van der Waals surface area contributed by atoms with E-state index in [1.54, 1.807) is 6.92 Å². The van der Waals surface area contributed by atoms with Crippen LogP contribution in [0.4, 0.5) is 5.95 Å². The highest BCUT2D eigenvalue weighted by Gasteiger charge is 2.54. The van der Waals surface area contributed by atoms with Gasteiger partial charge in [-0.15, -0.1) is 0 Å². The van der Waals surface area contributed by atoms with Gasteiger partial charge < -0.3 is 19.0 Å². The standard InChI is InChI=1S/C33H41N5O7Si/c1-7-43-30(41)33(6,42)25-18-22(45-29(25)38-20-34-26-27(38)36-31(35-21(2)39)37-28(26)40)19-44-46(32(3,4)5,23-14-10-8-11-15-23)24-16-12-9-13-17-24/h8-17,20,22,25,29,42H,7,18-19H2,1-6H3,(H2,35,36,37,39,40)/t22-,25+,29+,33-/m0/s1. The number of hydrogen-bond acceptors (Lipinski definition) is 9. The number of rotatable bonds is 10. The van der Waals surface area contributed by atoms with Crippen LogP contribution in [-0.2, 0) is 23.5 Å². The summed E-state index contributed by atoms with van der Waals surface area (Å²) in [5.74, 6) is -2.11. The number of carbonyl (C=O) groups excluding carboxylic acids is 2. The fourth-order valence-electron chi connectivity index (χ4n) is 6.37. The van der Waals surface area contributed by atoms with Crippen molar-refractivity contribution in [2.24, 2.45) is 5.92 Å². The van der Waals surface area contributed by atoms with Crippen molar-refractivity contribution in [1.82, 2.24) is 19.5 Å². The van der Waals surface area contributed by atoms with E-state index in [0.717, 1.165) is 10.4 Å². The van der Waals surface area contributed by atoms with Crippen molar-refractivity contribution in [2.45, 2.75) is 70.9 Å². The lowest BCUT2D eigenvalue weighted by Crippen LogP contribution is -2.67. The van der Waals surface area contributed by atoms with Gasteiger partial charge in [0.2, 0.25) is 11.9 Å². The minimum atomic E-state index is -2.93. The molecule has 244 valence electrons. The van der Waals surface area contributed by atoms with E-state index in [1.165, 1.54) is 24.7 Å². The number of esters is 1. The summed E-state index contributed by atoms with van der Waals surface area (Å²) in [5.41, 5.74) is -2.40. The molecule has 4 atom stereocenters. The van der Waals surface area contributed by atoms with Crippen molar-refractivity contribution < 1.29 is 28.6 Å². The zero-order valence-corrected chi connectivity index (χ0v) is 27.9. The summed E-state index contributed by atoms with van der Waals surface area (Å²) in [6, 6.07) is 20.4. The summed E-state index contributed by atoms with van der Waals surface area (Å²) in [6.07, 6.45) is 0.0774. The van der Waals surface area contributed by atoms with Gasteiger partial charge >= 0.3 is 5.97 Å². The number of amides is 1. The summed E-state index contributed by atoms with van der Waals surface area (Å²) >= 11 is 0. The van der Waals surface area contributed by atoms with Crippen LogP contribution in [0, 0.1) is 5.92 Å². The Morgan fingerprint density at radius 2 is 1.70 bits per heavy atom. The molecule has 3 heterocycles. The third-order valence-electron chi connectivity index (χ3n) is 8.51. The molecule has 12 nitrogen and oxygen atoms in total. The second-order valence-electron chi connectivity index (χ2n) is 12.8. The van der Waals surface area contributed by atoms with E-state index in [1.807, 2.05) is 36.4 Å². The number of aromatic nitrogens is 4. The molecule has 2 aromatic carbocycles. The first-order valence-electron chi connectivity index (χ1n) is 15.3. The van der Waals surface area contributed by atoms with Crippen LogP contribution in [0.5, 0.6) is 0 Å². The number of nitrogens with zero attached hydrogens (tertiary/aromatic N) is 3. The number of fused-ring (bicyclic) bond motifs is 1. The predicted octanol–water partition coefficient (Wildman–Crippen LogP) is 2.87. The first-order chi connectivity index (χ1) is 21.8. The number of imidazole rings is 1. The van der Waals surface area contributed by atoms with Gasteiger partial charge in [0.15, 0.2) is 16.8 Å². The van der Waals surface area contributed by atoms with Crippen molar-refractivity contribution >= 4 is 47.7 Å². The highest BCUT2D eigenvalue weighted by Crippen LogP contribution is 2.44. The van der Waals surface area contributed by atoms with Gasteiger partial charge in [0.25, 0.3) is 13.9 Å². The smallest absolute Gasteiger partial charge is 0.338 e. The molecule has 1 fully saturated rings. The Labute approximate surface area is 268 Å². The summed E-state index contributed by atoms with van der Waals surface area (Å²) in [6.45, 7) is 11.2. The second-order valence-corrected chi connectivity index (χ2v) is 17.1. The zero-order valence-electron chi connectivity index (χ0n) is 26.9. The number of benzene rings is 2. The molecule has 0 radical (unpaired) electrons. The molecule has 1 amide bonds. The number of anilines is 1. The molecule has 2 aromatic heterocycles. The number of hydrogen-bond donors (Lipinski definition) is 3. The Morgan fingerprint density at radius 3 is 2.24 bits per heavy atom. The Kier molecular flexibility index (Phi) is 9.32. The third-order valence-corrected chi connectivity index (χ3v) is 13.5. The average molecular weight is 648 g/mol. The van der Waals surface area contributed by atoms with Gasteiger partial charge in [0, 0.05) is 12.8 Å². The Bertz CT molecular complexity index is 1710. The predicted molar refractivity (Wildman–Crippen MR) is 175 cm³/mol. The first-order valence-corrected chi connectivity index (χ1v) is 17.2.